The molecule has 0 fully saturated rings. The molecule has 0 heterocycles. The molecule has 2 heteroatoms. The number of hydrogen-bond donors (Lipinski definition) is 0. The minimum absolute atomic E-state index is 0.222. The van der Waals surface area contributed by atoms with Crippen LogP contribution in [0.25, 0.3) is 0 Å². The second-order valence-corrected chi connectivity index (χ2v) is 10.9. The van der Waals surface area contributed by atoms with Crippen molar-refractivity contribution in [1.29, 1.82) is 0 Å². The van der Waals surface area contributed by atoms with Crippen LogP contribution in [0.2, 0.25) is 0 Å². The Morgan fingerprint density at radius 3 is 0.947 bits per heavy atom. The highest BCUT2D eigenvalue weighted by atomic mass is 15.2. The Hall–Kier alpha value is -4.30. The maximum absolute atomic E-state index is 2.32. The summed E-state index contributed by atoms with van der Waals surface area (Å²) in [5, 5.41) is 0. The van der Waals surface area contributed by atoms with Crippen LogP contribution >= 0.6 is 0 Å². The fraction of sp³-hybridized carbons (Fsp3) is 0.167. The Balaban J connectivity index is 1.53. The number of benzene rings is 5. The van der Waals surface area contributed by atoms with E-state index in [1.54, 1.807) is 0 Å². The van der Waals surface area contributed by atoms with Crippen LogP contribution in [0.5, 0.6) is 0 Å². The van der Waals surface area contributed by atoms with Gasteiger partial charge in [-0.05, 0) is 89.7 Å². The van der Waals surface area contributed by atoms with Crippen molar-refractivity contribution in [2.24, 2.45) is 5.41 Å². The highest BCUT2D eigenvalue weighted by Crippen LogP contribution is 2.40. The topological polar surface area (TPSA) is 6.48 Å². The van der Waals surface area contributed by atoms with Gasteiger partial charge in [-0.1, -0.05) is 94.4 Å². The lowest BCUT2D eigenvalue weighted by molar-refractivity contribution is 0.339. The molecule has 0 radical (unpaired) electrons. The van der Waals surface area contributed by atoms with Gasteiger partial charge in [0.25, 0.3) is 0 Å². The fourth-order valence-corrected chi connectivity index (χ4v) is 4.79. The first-order chi connectivity index (χ1) is 18.4. The van der Waals surface area contributed by atoms with Crippen LogP contribution in [0.4, 0.5) is 34.1 Å². The van der Waals surface area contributed by atoms with E-state index >= 15 is 0 Å². The molecule has 0 spiro atoms. The average Bonchev–Trinajstić information content (AvgIpc) is 2.95. The van der Waals surface area contributed by atoms with Crippen molar-refractivity contribution in [3.05, 3.63) is 145 Å². The number of hydrogen-bond acceptors (Lipinski definition) is 2. The van der Waals surface area contributed by atoms with Crippen molar-refractivity contribution in [1.82, 2.24) is 0 Å². The molecular formula is C36H36N2. The molecule has 0 saturated carbocycles. The summed E-state index contributed by atoms with van der Waals surface area (Å²) in [6.45, 7) is 9.22. The minimum atomic E-state index is 0.222. The monoisotopic (exact) mass is 496 g/mol. The molecule has 1 unspecified atom stereocenters. The molecule has 1 atom stereocenters. The summed E-state index contributed by atoms with van der Waals surface area (Å²) in [6, 6.07) is 49.5. The number of rotatable bonds is 7. The number of para-hydroxylation sites is 3. The Morgan fingerprint density at radius 2 is 0.658 bits per heavy atom. The van der Waals surface area contributed by atoms with Crippen molar-refractivity contribution in [3.8, 4) is 0 Å². The first-order valence-corrected chi connectivity index (χ1v) is 13.4. The summed E-state index contributed by atoms with van der Waals surface area (Å²) < 4.78 is 0. The fourth-order valence-electron chi connectivity index (χ4n) is 4.79. The molecule has 0 aliphatic rings. The van der Waals surface area contributed by atoms with Gasteiger partial charge in [0, 0.05) is 34.1 Å². The lowest BCUT2D eigenvalue weighted by atomic mass is 9.78. The van der Waals surface area contributed by atoms with Crippen molar-refractivity contribution < 1.29 is 0 Å². The largest absolute Gasteiger partial charge is 0.311 e. The molecule has 38 heavy (non-hydrogen) atoms. The van der Waals surface area contributed by atoms with E-state index in [4.69, 9.17) is 0 Å². The van der Waals surface area contributed by atoms with E-state index in [1.807, 2.05) is 0 Å². The maximum atomic E-state index is 2.32. The first kappa shape index (κ1) is 25.4. The van der Waals surface area contributed by atoms with Gasteiger partial charge >= 0.3 is 0 Å². The van der Waals surface area contributed by atoms with Gasteiger partial charge in [-0.3, -0.25) is 0 Å². The third-order valence-electron chi connectivity index (χ3n) is 7.36. The van der Waals surface area contributed by atoms with Crippen LogP contribution < -0.4 is 9.80 Å². The second-order valence-electron chi connectivity index (χ2n) is 10.9. The molecular weight excluding hydrogens is 460 g/mol. The van der Waals surface area contributed by atoms with Gasteiger partial charge < -0.3 is 9.80 Å². The van der Waals surface area contributed by atoms with E-state index in [0.717, 1.165) is 34.1 Å². The number of anilines is 6. The molecule has 0 saturated heterocycles. The quantitative estimate of drug-likeness (QED) is 0.221. The lowest BCUT2D eigenvalue weighted by Crippen LogP contribution is -2.15. The summed E-state index contributed by atoms with van der Waals surface area (Å²) in [5.41, 5.74) is 8.39. The summed E-state index contributed by atoms with van der Waals surface area (Å²) in [4.78, 5) is 4.62. The van der Waals surface area contributed by atoms with Gasteiger partial charge in [-0.25, -0.2) is 0 Å². The molecule has 0 aromatic heterocycles. The van der Waals surface area contributed by atoms with Crippen molar-refractivity contribution in [3.63, 3.8) is 0 Å². The molecule has 2 nitrogen and oxygen atoms in total. The second kappa shape index (κ2) is 11.0. The Morgan fingerprint density at radius 1 is 0.395 bits per heavy atom. The zero-order valence-corrected chi connectivity index (χ0v) is 22.8. The third kappa shape index (κ3) is 5.50. The van der Waals surface area contributed by atoms with E-state index in [1.165, 1.54) is 5.56 Å². The van der Waals surface area contributed by atoms with E-state index < -0.39 is 0 Å². The van der Waals surface area contributed by atoms with Gasteiger partial charge in [0.1, 0.15) is 0 Å². The molecule has 0 aliphatic heterocycles. The lowest BCUT2D eigenvalue weighted by Gasteiger charge is -2.30. The Kier molecular flexibility index (Phi) is 7.33. The average molecular weight is 497 g/mol. The van der Waals surface area contributed by atoms with Crippen LogP contribution in [0.15, 0.2) is 140 Å². The molecule has 0 aliphatic carbocycles. The molecule has 5 aromatic rings. The maximum Gasteiger partial charge on any atom is 0.0463 e. The third-order valence-corrected chi connectivity index (χ3v) is 7.36. The predicted molar refractivity (Wildman–Crippen MR) is 164 cm³/mol. The van der Waals surface area contributed by atoms with Crippen molar-refractivity contribution in [2.75, 3.05) is 9.80 Å². The van der Waals surface area contributed by atoms with Crippen molar-refractivity contribution >= 4 is 34.1 Å². The van der Waals surface area contributed by atoms with Crippen LogP contribution in [-0.4, -0.2) is 0 Å². The van der Waals surface area contributed by atoms with Crippen molar-refractivity contribution in [2.45, 2.75) is 33.6 Å². The summed E-state index contributed by atoms with van der Waals surface area (Å²) in [5.74, 6) is 0.475. The smallest absolute Gasteiger partial charge is 0.0463 e. The van der Waals surface area contributed by atoms with Gasteiger partial charge in [-0.15, -0.1) is 0 Å². The highest BCUT2D eigenvalue weighted by molar-refractivity contribution is 5.81. The molecule has 0 bridgehead atoms. The van der Waals surface area contributed by atoms with E-state index in [0.29, 0.717) is 5.92 Å². The van der Waals surface area contributed by atoms with Crippen LogP contribution in [-0.2, 0) is 0 Å². The minimum Gasteiger partial charge on any atom is -0.311 e. The van der Waals surface area contributed by atoms with Gasteiger partial charge in [0.15, 0.2) is 0 Å². The summed E-state index contributed by atoms with van der Waals surface area (Å²) in [7, 11) is 0. The summed E-state index contributed by atoms with van der Waals surface area (Å²) in [6.07, 6.45) is 0. The molecule has 5 aromatic carbocycles. The predicted octanol–water partition coefficient (Wildman–Crippen LogP) is 10.8. The first-order valence-electron chi connectivity index (χ1n) is 13.4. The standard InChI is InChI=1S/C36H36N2/c1-28(36(2,3)4)29-20-22-33(23-21-29)38(32-18-12-7-13-19-32)35-26-24-34(25-27-35)37(30-14-8-5-9-15-30)31-16-10-6-11-17-31/h5-28H,1-4H3. The molecule has 5 rings (SSSR count). The molecule has 0 amide bonds. The normalized spacial score (nSPS) is 12.1. The van der Waals surface area contributed by atoms with Crippen LogP contribution in [0.1, 0.15) is 39.2 Å². The van der Waals surface area contributed by atoms with Gasteiger partial charge in [-0.2, -0.15) is 0 Å². The zero-order valence-electron chi connectivity index (χ0n) is 22.8. The van der Waals surface area contributed by atoms with E-state index in [2.05, 4.69) is 177 Å². The van der Waals surface area contributed by atoms with E-state index in [-0.39, 0.29) is 5.41 Å². The van der Waals surface area contributed by atoms with Crippen LogP contribution in [0, 0.1) is 5.41 Å². The SMILES string of the molecule is CC(c1ccc(N(c2ccccc2)c2ccc(N(c3ccccc3)c3ccccc3)cc2)cc1)C(C)(C)C. The van der Waals surface area contributed by atoms with Gasteiger partial charge in [0.2, 0.25) is 0 Å². The summed E-state index contributed by atoms with van der Waals surface area (Å²) >= 11 is 0. The molecule has 0 N–H and O–H groups in total. The Bertz CT molecular complexity index is 1380. The van der Waals surface area contributed by atoms with Gasteiger partial charge in [0.05, 0.1) is 0 Å². The Labute approximate surface area is 227 Å². The molecule has 190 valence electrons. The zero-order chi connectivity index (χ0) is 26.5. The van der Waals surface area contributed by atoms with E-state index in [9.17, 15) is 0 Å². The highest BCUT2D eigenvalue weighted by Gasteiger charge is 2.22. The number of nitrogens with zero attached hydrogens (tertiary/aromatic N) is 2. The van der Waals surface area contributed by atoms with Crippen LogP contribution in [0.3, 0.4) is 0 Å².